The molecule has 0 unspecified atom stereocenters. The van der Waals surface area contributed by atoms with E-state index in [0.29, 0.717) is 52.9 Å². The van der Waals surface area contributed by atoms with Crippen molar-refractivity contribution >= 4 is 51.1 Å². The predicted octanol–water partition coefficient (Wildman–Crippen LogP) is 5.66. The van der Waals surface area contributed by atoms with Gasteiger partial charge in [0.05, 0.1) is 18.2 Å². The molecule has 2 aromatic carbocycles. The van der Waals surface area contributed by atoms with E-state index in [9.17, 15) is 4.79 Å². The molecular weight excluding hydrogens is 569 g/mol. The van der Waals surface area contributed by atoms with Gasteiger partial charge in [0.1, 0.15) is 22.9 Å². The van der Waals surface area contributed by atoms with Crippen molar-refractivity contribution in [3.8, 4) is 17.3 Å². The molecule has 5 aromatic rings. The summed E-state index contributed by atoms with van der Waals surface area (Å²) in [5.41, 5.74) is 2.38. The lowest BCUT2D eigenvalue weighted by atomic mass is 9.99. The summed E-state index contributed by atoms with van der Waals surface area (Å²) in [6.07, 6.45) is 4.84. The summed E-state index contributed by atoms with van der Waals surface area (Å²) >= 11 is 6.52. The lowest BCUT2D eigenvalue weighted by Crippen LogP contribution is -2.53. The lowest BCUT2D eigenvalue weighted by molar-refractivity contribution is -0.131. The molecule has 218 valence electrons. The highest BCUT2D eigenvalue weighted by molar-refractivity contribution is 6.36. The third-order valence-electron chi connectivity index (χ3n) is 7.48. The van der Waals surface area contributed by atoms with Gasteiger partial charge in [-0.1, -0.05) is 41.9 Å². The second kappa shape index (κ2) is 11.5. The molecule has 1 aliphatic rings. The fraction of sp³-hybridized carbons (Fsp3) is 0.250. The first kappa shape index (κ1) is 28.4. The molecule has 6 rings (SSSR count). The Morgan fingerprint density at radius 2 is 1.91 bits per heavy atom. The van der Waals surface area contributed by atoms with E-state index in [-0.39, 0.29) is 29.0 Å². The van der Waals surface area contributed by atoms with Crippen LogP contribution in [0.2, 0.25) is 5.02 Å². The third-order valence-corrected chi connectivity index (χ3v) is 7.80. The maximum Gasteiger partial charge on any atom is 0.318 e. The lowest BCUT2D eigenvalue weighted by Gasteiger charge is -2.40. The van der Waals surface area contributed by atoms with Gasteiger partial charge in [0, 0.05) is 66.5 Å². The minimum atomic E-state index is -0.582. The van der Waals surface area contributed by atoms with Gasteiger partial charge in [-0.2, -0.15) is 9.97 Å². The number of benzene rings is 2. The molecular formula is C32H29ClFN7O2. The molecule has 0 N–H and O–H groups in total. The van der Waals surface area contributed by atoms with Gasteiger partial charge >= 0.3 is 6.01 Å². The summed E-state index contributed by atoms with van der Waals surface area (Å²) < 4.78 is 21.5. The molecule has 0 atom stereocenters. The van der Waals surface area contributed by atoms with Gasteiger partial charge in [-0.05, 0) is 37.4 Å². The number of anilines is 1. The van der Waals surface area contributed by atoms with Crippen LogP contribution in [0.1, 0.15) is 17.2 Å². The second-order valence-corrected chi connectivity index (χ2v) is 11.1. The summed E-state index contributed by atoms with van der Waals surface area (Å²) in [6.45, 7) is 5.49. The van der Waals surface area contributed by atoms with Crippen LogP contribution in [0.3, 0.4) is 0 Å². The quantitative estimate of drug-likeness (QED) is 0.222. The molecule has 4 heterocycles. The monoisotopic (exact) mass is 597 g/mol. The van der Waals surface area contributed by atoms with Crippen molar-refractivity contribution in [3.63, 3.8) is 0 Å². The Morgan fingerprint density at radius 1 is 1.14 bits per heavy atom. The number of likely N-dealkylation sites (tertiary alicyclic amines) is 1. The zero-order valence-electron chi connectivity index (χ0n) is 24.2. The van der Waals surface area contributed by atoms with Crippen molar-refractivity contribution in [2.75, 3.05) is 38.7 Å². The molecule has 0 spiro atoms. The number of hydrogen-bond donors (Lipinski definition) is 0. The summed E-state index contributed by atoms with van der Waals surface area (Å²) in [7, 11) is 3.32. The van der Waals surface area contributed by atoms with Crippen molar-refractivity contribution in [1.29, 1.82) is 0 Å². The third kappa shape index (κ3) is 5.58. The number of aryl methyl sites for hydroxylation is 2. The molecule has 0 radical (unpaired) electrons. The number of pyridine rings is 1. The average molecular weight is 598 g/mol. The zero-order valence-corrected chi connectivity index (χ0v) is 24.9. The molecule has 43 heavy (non-hydrogen) atoms. The van der Waals surface area contributed by atoms with Crippen LogP contribution in [-0.2, 0) is 4.79 Å². The number of carbonyl (C=O) groups excluding carboxylic acids is 1. The van der Waals surface area contributed by atoms with Crippen LogP contribution in [0.4, 0.5) is 10.2 Å². The standard InChI is InChI=1S/C32H29ClFN7O2/c1-18-13-22(37-19(2)36-18)11-12-26(42)41-16-20(17-41)15-40(3)31-24-14-35-29(28(34)30(24)38-32(39-31)43-4)23-9-5-7-21-8-6-10-25(33)27(21)23/h5-14,20H,15-17H2,1-4H3/b12-11+. The normalized spacial score (nSPS) is 13.6. The largest absolute Gasteiger partial charge is 0.467 e. The summed E-state index contributed by atoms with van der Waals surface area (Å²) in [6, 6.07) is 13.0. The van der Waals surface area contributed by atoms with Crippen LogP contribution in [0.5, 0.6) is 6.01 Å². The number of amides is 1. The Kier molecular flexibility index (Phi) is 7.62. The molecule has 1 aliphatic heterocycles. The molecule has 1 amide bonds. The zero-order chi connectivity index (χ0) is 30.2. The van der Waals surface area contributed by atoms with Crippen molar-refractivity contribution in [3.05, 3.63) is 82.8 Å². The van der Waals surface area contributed by atoms with E-state index in [2.05, 4.69) is 24.9 Å². The fourth-order valence-electron chi connectivity index (χ4n) is 5.52. The SMILES string of the molecule is COc1nc(N(C)CC2CN(C(=O)/C=C/c3cc(C)nc(C)n3)C2)c2cnc(-c3cccc4cccc(Cl)c34)c(F)c2n1. The minimum Gasteiger partial charge on any atom is -0.467 e. The Balaban J connectivity index is 1.22. The number of aromatic nitrogens is 5. The maximum atomic E-state index is 16.2. The number of ether oxygens (including phenoxy) is 1. The molecule has 0 aliphatic carbocycles. The van der Waals surface area contributed by atoms with E-state index in [0.717, 1.165) is 16.5 Å². The molecule has 3 aromatic heterocycles. The molecule has 9 nitrogen and oxygen atoms in total. The first-order valence-corrected chi connectivity index (χ1v) is 14.2. The average Bonchev–Trinajstić information content (AvgIpc) is 2.96. The van der Waals surface area contributed by atoms with Gasteiger partial charge < -0.3 is 14.5 Å². The van der Waals surface area contributed by atoms with Crippen LogP contribution >= 0.6 is 11.6 Å². The molecule has 0 saturated carbocycles. The van der Waals surface area contributed by atoms with Crippen LogP contribution < -0.4 is 9.64 Å². The van der Waals surface area contributed by atoms with E-state index < -0.39 is 5.82 Å². The minimum absolute atomic E-state index is 0.0482. The van der Waals surface area contributed by atoms with Gasteiger partial charge in [0.25, 0.3) is 0 Å². The summed E-state index contributed by atoms with van der Waals surface area (Å²) in [4.78, 5) is 38.4. The van der Waals surface area contributed by atoms with E-state index in [1.54, 1.807) is 35.4 Å². The van der Waals surface area contributed by atoms with Crippen molar-refractivity contribution < 1.29 is 13.9 Å². The maximum absolute atomic E-state index is 16.2. The fourth-order valence-corrected chi connectivity index (χ4v) is 5.80. The highest BCUT2D eigenvalue weighted by Crippen LogP contribution is 2.37. The predicted molar refractivity (Wildman–Crippen MR) is 166 cm³/mol. The molecule has 1 saturated heterocycles. The number of fused-ring (bicyclic) bond motifs is 2. The van der Waals surface area contributed by atoms with Gasteiger partial charge in [-0.3, -0.25) is 9.78 Å². The van der Waals surface area contributed by atoms with Crippen LogP contribution in [0.15, 0.2) is 54.7 Å². The smallest absolute Gasteiger partial charge is 0.318 e. The Morgan fingerprint density at radius 3 is 2.65 bits per heavy atom. The first-order chi connectivity index (χ1) is 20.7. The molecule has 11 heteroatoms. The summed E-state index contributed by atoms with van der Waals surface area (Å²) in [5.74, 6) is 0.708. The van der Waals surface area contributed by atoms with Gasteiger partial charge in [0.15, 0.2) is 5.82 Å². The van der Waals surface area contributed by atoms with Crippen molar-refractivity contribution in [2.24, 2.45) is 5.92 Å². The summed E-state index contributed by atoms with van der Waals surface area (Å²) in [5, 5.41) is 2.58. The molecule has 1 fully saturated rings. The number of carbonyl (C=O) groups is 1. The topological polar surface area (TPSA) is 97.2 Å². The number of rotatable bonds is 7. The number of halogens is 2. The number of hydrogen-bond acceptors (Lipinski definition) is 8. The van der Waals surface area contributed by atoms with E-state index >= 15 is 4.39 Å². The van der Waals surface area contributed by atoms with Crippen LogP contribution in [0.25, 0.3) is 39.0 Å². The van der Waals surface area contributed by atoms with Crippen LogP contribution in [-0.4, -0.2) is 69.5 Å². The van der Waals surface area contributed by atoms with E-state index in [1.807, 2.05) is 56.1 Å². The second-order valence-electron chi connectivity index (χ2n) is 10.7. The van der Waals surface area contributed by atoms with E-state index in [4.69, 9.17) is 16.3 Å². The number of nitrogens with zero attached hydrogens (tertiary/aromatic N) is 7. The highest BCUT2D eigenvalue weighted by atomic mass is 35.5. The Bertz CT molecular complexity index is 1880. The van der Waals surface area contributed by atoms with Gasteiger partial charge in [0.2, 0.25) is 5.91 Å². The van der Waals surface area contributed by atoms with Crippen molar-refractivity contribution in [2.45, 2.75) is 13.8 Å². The van der Waals surface area contributed by atoms with Crippen LogP contribution in [0, 0.1) is 25.6 Å². The Hall–Kier alpha value is -4.70. The Labute approximate surface area is 253 Å². The van der Waals surface area contributed by atoms with Crippen molar-refractivity contribution in [1.82, 2.24) is 29.8 Å². The first-order valence-electron chi connectivity index (χ1n) is 13.8. The van der Waals surface area contributed by atoms with E-state index in [1.165, 1.54) is 7.11 Å². The molecule has 0 bridgehead atoms. The highest BCUT2D eigenvalue weighted by Gasteiger charge is 2.31. The van der Waals surface area contributed by atoms with Gasteiger partial charge in [-0.15, -0.1) is 0 Å². The number of methoxy groups -OCH3 is 1. The van der Waals surface area contributed by atoms with Gasteiger partial charge in [-0.25, -0.2) is 14.4 Å².